The van der Waals surface area contributed by atoms with Crippen molar-refractivity contribution in [3.8, 4) is 0 Å². The van der Waals surface area contributed by atoms with Crippen LogP contribution in [-0.4, -0.2) is 39.9 Å². The largest absolute Gasteiger partial charge is 0.465 e. The van der Waals surface area contributed by atoms with E-state index in [1.54, 1.807) is 13.8 Å². The maximum absolute atomic E-state index is 12.5. The lowest BCUT2D eigenvalue weighted by Crippen LogP contribution is -2.49. The van der Waals surface area contributed by atoms with Crippen molar-refractivity contribution < 1.29 is 19.1 Å². The minimum atomic E-state index is -2.24. The molecule has 0 saturated heterocycles. The van der Waals surface area contributed by atoms with Crippen LogP contribution in [0.3, 0.4) is 0 Å². The Labute approximate surface area is 138 Å². The van der Waals surface area contributed by atoms with Crippen LogP contribution in [0.15, 0.2) is 0 Å². The van der Waals surface area contributed by atoms with Crippen molar-refractivity contribution in [3.05, 3.63) is 0 Å². The first-order valence-electron chi connectivity index (χ1n) is 7.10. The van der Waals surface area contributed by atoms with E-state index in [0.29, 0.717) is 0 Å². The molecule has 0 aliphatic rings. The first-order chi connectivity index (χ1) is 9.38. The van der Waals surface area contributed by atoms with Crippen molar-refractivity contribution in [1.82, 2.24) is 0 Å². The average molecular weight is 373 g/mol. The smallest absolute Gasteiger partial charge is 0.322 e. The predicted octanol–water partition coefficient (Wildman–Crippen LogP) is 3.99. The number of hydrogen-bond donors (Lipinski definition) is 0. The number of rotatable bonds is 8. The fourth-order valence-corrected chi connectivity index (χ4v) is 7.72. The molecule has 0 saturated carbocycles. The average Bonchev–Trinajstić information content (AvgIpc) is 2.24. The van der Waals surface area contributed by atoms with Gasteiger partial charge in [-0.25, -0.2) is 0 Å². The van der Waals surface area contributed by atoms with Crippen LogP contribution in [0.2, 0.25) is 38.3 Å². The molecule has 0 aliphatic carbocycles. The van der Waals surface area contributed by atoms with Crippen LogP contribution in [0.1, 0.15) is 13.8 Å². The molecule has 0 bridgehead atoms. The van der Waals surface area contributed by atoms with Crippen molar-refractivity contribution >= 4 is 48.9 Å². The summed E-state index contributed by atoms with van der Waals surface area (Å²) in [5, 5.41) is 0. The topological polar surface area (TPSA) is 52.6 Å². The van der Waals surface area contributed by atoms with Crippen LogP contribution < -0.4 is 0 Å². The SMILES string of the molecule is CCOC(=O)C(C[Si](C)(C)Cl)(C[Si](C)(C)Cl)C(=O)OCC. The summed E-state index contributed by atoms with van der Waals surface area (Å²) in [6, 6.07) is 0.532. The fourth-order valence-electron chi connectivity index (χ4n) is 2.41. The molecule has 0 rings (SSSR count). The van der Waals surface area contributed by atoms with Crippen LogP contribution in [0.5, 0.6) is 0 Å². The third kappa shape index (κ3) is 7.17. The molecule has 0 aliphatic heterocycles. The molecule has 8 heteroatoms. The quantitative estimate of drug-likeness (QED) is 0.279. The molecule has 124 valence electrons. The Kier molecular flexibility index (Phi) is 7.97. The zero-order chi connectivity index (χ0) is 16.9. The van der Waals surface area contributed by atoms with E-state index in [-0.39, 0.29) is 25.3 Å². The van der Waals surface area contributed by atoms with Gasteiger partial charge in [0, 0.05) is 0 Å². The highest BCUT2D eigenvalue weighted by Crippen LogP contribution is 2.42. The Bertz CT molecular complexity index is 339. The van der Waals surface area contributed by atoms with Crippen molar-refractivity contribution in [2.45, 2.75) is 52.1 Å². The van der Waals surface area contributed by atoms with E-state index in [1.807, 2.05) is 26.2 Å². The highest BCUT2D eigenvalue weighted by molar-refractivity contribution is 7.20. The van der Waals surface area contributed by atoms with Gasteiger partial charge in [0.15, 0.2) is 20.2 Å². The molecule has 0 heterocycles. The highest BCUT2D eigenvalue weighted by Gasteiger charge is 2.54. The predicted molar refractivity (Wildman–Crippen MR) is 92.0 cm³/mol. The van der Waals surface area contributed by atoms with Gasteiger partial charge in [-0.05, 0) is 25.9 Å². The molecule has 4 nitrogen and oxygen atoms in total. The molecule has 0 aromatic rings. The normalized spacial score (nSPS) is 13.0. The molecule has 0 aromatic heterocycles. The lowest BCUT2D eigenvalue weighted by Gasteiger charge is -2.35. The van der Waals surface area contributed by atoms with Crippen molar-refractivity contribution in [3.63, 3.8) is 0 Å². The second-order valence-corrected chi connectivity index (χ2v) is 20.0. The van der Waals surface area contributed by atoms with Crippen LogP contribution >= 0.6 is 22.2 Å². The lowest BCUT2D eigenvalue weighted by atomic mass is 9.93. The van der Waals surface area contributed by atoms with Crippen molar-refractivity contribution in [2.24, 2.45) is 5.41 Å². The number of carbonyl (C=O) groups is 2. The Morgan fingerprint density at radius 1 is 0.857 bits per heavy atom. The molecular formula is C13H26Cl2O4Si2. The van der Waals surface area contributed by atoms with E-state index >= 15 is 0 Å². The Morgan fingerprint density at radius 3 is 1.33 bits per heavy atom. The van der Waals surface area contributed by atoms with Gasteiger partial charge in [0.1, 0.15) is 0 Å². The second-order valence-electron chi connectivity index (χ2n) is 6.31. The van der Waals surface area contributed by atoms with Gasteiger partial charge in [-0.15, -0.1) is 0 Å². The van der Waals surface area contributed by atoms with E-state index in [1.165, 1.54) is 0 Å². The summed E-state index contributed by atoms with van der Waals surface area (Å²) in [6.45, 7) is 11.4. The number of esters is 2. The number of halogens is 2. The molecule has 0 radical (unpaired) electrons. The van der Waals surface area contributed by atoms with Gasteiger partial charge >= 0.3 is 11.9 Å². The van der Waals surface area contributed by atoms with Gasteiger partial charge in [-0.3, -0.25) is 9.59 Å². The summed E-state index contributed by atoms with van der Waals surface area (Å²) in [4.78, 5) is 25.1. The fraction of sp³-hybridized carbons (Fsp3) is 0.846. The third-order valence-corrected chi connectivity index (χ3v) is 6.47. The summed E-state index contributed by atoms with van der Waals surface area (Å²) < 4.78 is 10.3. The number of hydrogen-bond acceptors (Lipinski definition) is 4. The van der Waals surface area contributed by atoms with Gasteiger partial charge in [0.05, 0.1) is 13.2 Å². The molecule has 0 amide bonds. The minimum absolute atomic E-state index is 0.203. The Balaban J connectivity index is 5.81. The lowest BCUT2D eigenvalue weighted by molar-refractivity contribution is -0.169. The molecule has 0 atom stereocenters. The molecule has 0 aromatic carbocycles. The first kappa shape index (κ1) is 21.0. The van der Waals surface area contributed by atoms with Gasteiger partial charge in [0.2, 0.25) is 0 Å². The van der Waals surface area contributed by atoms with Crippen LogP contribution in [0.25, 0.3) is 0 Å². The van der Waals surface area contributed by atoms with E-state index in [0.717, 1.165) is 0 Å². The zero-order valence-electron chi connectivity index (χ0n) is 13.7. The summed E-state index contributed by atoms with van der Waals surface area (Å²) in [5.41, 5.74) is -1.37. The van der Waals surface area contributed by atoms with Crippen molar-refractivity contribution in [1.29, 1.82) is 0 Å². The van der Waals surface area contributed by atoms with Crippen molar-refractivity contribution in [2.75, 3.05) is 13.2 Å². The third-order valence-electron chi connectivity index (χ3n) is 2.78. The van der Waals surface area contributed by atoms with E-state index in [2.05, 4.69) is 0 Å². The Morgan fingerprint density at radius 2 is 1.14 bits per heavy atom. The highest BCUT2D eigenvalue weighted by atomic mass is 35.6. The monoisotopic (exact) mass is 372 g/mol. The van der Waals surface area contributed by atoms with Crippen LogP contribution in [-0.2, 0) is 19.1 Å². The van der Waals surface area contributed by atoms with Crippen LogP contribution in [0, 0.1) is 5.41 Å². The summed E-state index contributed by atoms with van der Waals surface area (Å²) >= 11 is 12.9. The summed E-state index contributed by atoms with van der Waals surface area (Å²) in [5.74, 6) is -1.13. The van der Waals surface area contributed by atoms with Gasteiger partial charge < -0.3 is 9.47 Å². The first-order valence-corrected chi connectivity index (χ1v) is 15.5. The number of ether oxygens (including phenoxy) is 2. The van der Waals surface area contributed by atoms with Gasteiger partial charge in [-0.1, -0.05) is 26.2 Å². The standard InChI is InChI=1S/C13H26Cl2O4Si2/c1-7-18-11(16)13(9-20(3,4)14,10-21(5,6)15)12(17)19-8-2/h7-10H2,1-6H3. The molecule has 0 spiro atoms. The van der Waals surface area contributed by atoms with E-state index < -0.39 is 32.1 Å². The van der Waals surface area contributed by atoms with Gasteiger partial charge in [-0.2, -0.15) is 22.2 Å². The Hall–Kier alpha value is -0.0462. The van der Waals surface area contributed by atoms with E-state index in [9.17, 15) is 9.59 Å². The summed E-state index contributed by atoms with van der Waals surface area (Å²) in [7, 11) is -4.48. The van der Waals surface area contributed by atoms with Gasteiger partial charge in [0.25, 0.3) is 0 Å². The summed E-state index contributed by atoms with van der Waals surface area (Å²) in [6.07, 6.45) is 0. The van der Waals surface area contributed by atoms with Crippen LogP contribution in [0.4, 0.5) is 0 Å². The molecule has 0 fully saturated rings. The maximum Gasteiger partial charge on any atom is 0.322 e. The van der Waals surface area contributed by atoms with E-state index in [4.69, 9.17) is 31.6 Å². The molecule has 0 unspecified atom stereocenters. The number of carbonyl (C=O) groups excluding carboxylic acids is 2. The zero-order valence-corrected chi connectivity index (χ0v) is 17.2. The molecule has 21 heavy (non-hydrogen) atoms. The minimum Gasteiger partial charge on any atom is -0.465 e. The molecule has 0 N–H and O–H groups in total. The second kappa shape index (κ2) is 7.99. The maximum atomic E-state index is 12.5. The molecular weight excluding hydrogens is 347 g/mol.